The van der Waals surface area contributed by atoms with Crippen LogP contribution in [0.15, 0.2) is 156 Å². The molecule has 0 atom stereocenters. The molecule has 1 aliphatic heterocycles. The van der Waals surface area contributed by atoms with Crippen LogP contribution in [0, 0.1) is 5.41 Å². The fourth-order valence-electron chi connectivity index (χ4n) is 6.52. The Morgan fingerprint density at radius 1 is 0.775 bits per heavy atom. The first-order valence-electron chi connectivity index (χ1n) is 14.1. The second kappa shape index (κ2) is 9.54. The second-order valence-corrected chi connectivity index (χ2v) is 11.5. The zero-order valence-electron chi connectivity index (χ0n) is 23.2. The average Bonchev–Trinajstić information content (AvgIpc) is 3.54. The SMILES string of the molecule is C=C1/C=C2\C(=C/N(c3cccc(Cc4ccccc4)c3)c3cc(-c4ccccc4)ccc31)C1=C(C=CC1)C2(C)C. The third-order valence-corrected chi connectivity index (χ3v) is 8.62. The maximum absolute atomic E-state index is 4.61. The van der Waals surface area contributed by atoms with Gasteiger partial charge in [0.15, 0.2) is 0 Å². The summed E-state index contributed by atoms with van der Waals surface area (Å²) in [6.45, 7) is 9.32. The fraction of sp³-hybridized carbons (Fsp3) is 0.128. The van der Waals surface area contributed by atoms with E-state index in [1.807, 2.05) is 0 Å². The summed E-state index contributed by atoms with van der Waals surface area (Å²) in [7, 11) is 0. The number of allylic oxidation sites excluding steroid dienone is 8. The summed E-state index contributed by atoms with van der Waals surface area (Å²) in [6, 6.07) is 37.2. The van der Waals surface area contributed by atoms with Gasteiger partial charge < -0.3 is 4.90 Å². The molecule has 4 aromatic rings. The molecule has 0 N–H and O–H groups in total. The predicted molar refractivity (Wildman–Crippen MR) is 169 cm³/mol. The van der Waals surface area contributed by atoms with Gasteiger partial charge in [-0.1, -0.05) is 124 Å². The highest BCUT2D eigenvalue weighted by Gasteiger charge is 2.41. The van der Waals surface area contributed by atoms with E-state index in [2.05, 4.69) is 153 Å². The van der Waals surface area contributed by atoms with Gasteiger partial charge in [0, 0.05) is 22.9 Å². The van der Waals surface area contributed by atoms with E-state index in [1.54, 1.807) is 0 Å². The van der Waals surface area contributed by atoms with Gasteiger partial charge in [0.25, 0.3) is 0 Å². The molecule has 3 aliphatic rings. The van der Waals surface area contributed by atoms with E-state index in [1.165, 1.54) is 50.2 Å². The molecule has 2 aliphatic carbocycles. The summed E-state index contributed by atoms with van der Waals surface area (Å²) in [6.07, 6.45) is 11.3. The summed E-state index contributed by atoms with van der Waals surface area (Å²) in [5.41, 5.74) is 15.1. The maximum atomic E-state index is 4.61. The van der Waals surface area contributed by atoms with Gasteiger partial charge >= 0.3 is 0 Å². The number of hydrogen-bond donors (Lipinski definition) is 0. The molecule has 1 nitrogen and oxygen atoms in total. The van der Waals surface area contributed by atoms with Crippen molar-refractivity contribution < 1.29 is 0 Å². The number of anilines is 2. The Morgan fingerprint density at radius 3 is 2.33 bits per heavy atom. The van der Waals surface area contributed by atoms with Crippen LogP contribution in [0.4, 0.5) is 11.4 Å². The van der Waals surface area contributed by atoms with Gasteiger partial charge in [-0.2, -0.15) is 0 Å². The van der Waals surface area contributed by atoms with Gasteiger partial charge in [-0.25, -0.2) is 0 Å². The van der Waals surface area contributed by atoms with E-state index >= 15 is 0 Å². The molecule has 0 saturated carbocycles. The van der Waals surface area contributed by atoms with Gasteiger partial charge in [-0.05, 0) is 81.2 Å². The van der Waals surface area contributed by atoms with E-state index in [-0.39, 0.29) is 5.41 Å². The van der Waals surface area contributed by atoms with Crippen molar-refractivity contribution in [3.63, 3.8) is 0 Å². The smallest absolute Gasteiger partial charge is 0.0540 e. The lowest BCUT2D eigenvalue weighted by Gasteiger charge is -2.31. The summed E-state index contributed by atoms with van der Waals surface area (Å²) in [5, 5.41) is 0. The van der Waals surface area contributed by atoms with Crippen molar-refractivity contribution in [3.8, 4) is 11.1 Å². The molecular weight excluding hydrogens is 482 g/mol. The monoisotopic (exact) mass is 515 g/mol. The van der Waals surface area contributed by atoms with Gasteiger partial charge in [0.2, 0.25) is 0 Å². The number of fused-ring (bicyclic) bond motifs is 3. The first-order chi connectivity index (χ1) is 19.5. The van der Waals surface area contributed by atoms with Gasteiger partial charge in [-0.3, -0.25) is 0 Å². The van der Waals surface area contributed by atoms with Gasteiger partial charge in [-0.15, -0.1) is 0 Å². The molecule has 0 unspecified atom stereocenters. The zero-order chi connectivity index (χ0) is 27.3. The minimum absolute atomic E-state index is 0.0561. The molecule has 1 heteroatoms. The van der Waals surface area contributed by atoms with Crippen molar-refractivity contribution >= 4 is 16.9 Å². The largest absolute Gasteiger partial charge is 0.316 e. The van der Waals surface area contributed by atoms with E-state index < -0.39 is 0 Å². The van der Waals surface area contributed by atoms with E-state index in [9.17, 15) is 0 Å². The molecule has 7 rings (SSSR count). The predicted octanol–water partition coefficient (Wildman–Crippen LogP) is 10.2. The van der Waals surface area contributed by atoms with Crippen LogP contribution in [-0.2, 0) is 6.42 Å². The van der Waals surface area contributed by atoms with Crippen LogP contribution < -0.4 is 4.90 Å². The summed E-state index contributed by atoms with van der Waals surface area (Å²) >= 11 is 0. The molecule has 40 heavy (non-hydrogen) atoms. The average molecular weight is 516 g/mol. The third kappa shape index (κ3) is 4.10. The highest BCUT2D eigenvalue weighted by atomic mass is 15.1. The topological polar surface area (TPSA) is 3.24 Å². The van der Waals surface area contributed by atoms with E-state index in [0.29, 0.717) is 0 Å². The Kier molecular flexibility index (Phi) is 5.82. The number of benzene rings is 4. The molecule has 0 fully saturated rings. The van der Waals surface area contributed by atoms with Crippen LogP contribution >= 0.6 is 0 Å². The molecule has 0 spiro atoms. The Bertz CT molecular complexity index is 1760. The highest BCUT2D eigenvalue weighted by Crippen LogP contribution is 2.56. The van der Waals surface area contributed by atoms with Gasteiger partial charge in [0.1, 0.15) is 0 Å². The minimum Gasteiger partial charge on any atom is -0.316 e. The lowest BCUT2D eigenvalue weighted by molar-refractivity contribution is 0.579. The molecule has 0 aromatic heterocycles. The zero-order valence-corrected chi connectivity index (χ0v) is 23.2. The Hall–Kier alpha value is -4.62. The van der Waals surface area contributed by atoms with Gasteiger partial charge in [0.05, 0.1) is 5.69 Å². The quantitative estimate of drug-likeness (QED) is 0.261. The summed E-state index contributed by atoms with van der Waals surface area (Å²) in [4.78, 5) is 2.41. The van der Waals surface area contributed by atoms with Crippen molar-refractivity contribution in [1.29, 1.82) is 0 Å². The molecular formula is C39H33N. The normalized spacial score (nSPS) is 19.6. The van der Waals surface area contributed by atoms with Crippen molar-refractivity contribution in [2.75, 3.05) is 4.90 Å². The van der Waals surface area contributed by atoms with Crippen LogP contribution in [0.5, 0.6) is 0 Å². The molecule has 0 bridgehead atoms. The van der Waals surface area contributed by atoms with Crippen molar-refractivity contribution in [2.45, 2.75) is 26.7 Å². The molecule has 0 amide bonds. The molecule has 4 aromatic carbocycles. The van der Waals surface area contributed by atoms with Crippen molar-refractivity contribution in [2.24, 2.45) is 5.41 Å². The first kappa shape index (κ1) is 24.4. The van der Waals surface area contributed by atoms with Crippen LogP contribution in [0.25, 0.3) is 16.7 Å². The second-order valence-electron chi connectivity index (χ2n) is 11.5. The molecule has 1 heterocycles. The first-order valence-corrected chi connectivity index (χ1v) is 14.1. The van der Waals surface area contributed by atoms with E-state index in [0.717, 1.165) is 29.7 Å². The van der Waals surface area contributed by atoms with Crippen LogP contribution in [0.1, 0.15) is 37.0 Å². The van der Waals surface area contributed by atoms with E-state index in [4.69, 9.17) is 0 Å². The number of rotatable bonds is 4. The molecule has 194 valence electrons. The highest BCUT2D eigenvalue weighted by molar-refractivity contribution is 5.91. The minimum atomic E-state index is -0.0561. The number of nitrogens with zero attached hydrogens (tertiary/aromatic N) is 1. The lowest BCUT2D eigenvalue weighted by atomic mass is 9.79. The van der Waals surface area contributed by atoms with Crippen molar-refractivity contribution in [1.82, 2.24) is 0 Å². The van der Waals surface area contributed by atoms with Crippen molar-refractivity contribution in [3.05, 3.63) is 173 Å². The Balaban J connectivity index is 1.43. The summed E-state index contributed by atoms with van der Waals surface area (Å²) < 4.78 is 0. The van der Waals surface area contributed by atoms with Crippen LogP contribution in [0.3, 0.4) is 0 Å². The fourth-order valence-corrected chi connectivity index (χ4v) is 6.52. The Morgan fingerprint density at radius 2 is 1.52 bits per heavy atom. The number of hydrogen-bond acceptors (Lipinski definition) is 1. The van der Waals surface area contributed by atoms with Crippen LogP contribution in [-0.4, -0.2) is 0 Å². The Labute approximate surface area is 237 Å². The maximum Gasteiger partial charge on any atom is 0.0540 e. The summed E-state index contributed by atoms with van der Waals surface area (Å²) in [5.74, 6) is 0. The molecule has 0 radical (unpaired) electrons. The third-order valence-electron chi connectivity index (χ3n) is 8.62. The molecule has 0 saturated heterocycles. The standard InChI is InChI=1S/C39H33N/c1-27-22-37-35(34-18-11-19-36(34)39(37,2)3)26-40(32-17-10-14-29(24-32)23-28-12-6-4-7-13-28)38-25-31(20-21-33(27)38)30-15-8-5-9-16-30/h4-17,19-22,24-26H,1,18,23H2,2-3H3/b35-26-,37-22+. The van der Waals surface area contributed by atoms with Crippen LogP contribution in [0.2, 0.25) is 0 Å². The lowest BCUT2D eigenvalue weighted by Crippen LogP contribution is -2.17.